The van der Waals surface area contributed by atoms with Gasteiger partial charge in [-0.15, -0.1) is 0 Å². The molecule has 2 aromatic rings. The van der Waals surface area contributed by atoms with Crippen LogP contribution in [0.4, 0.5) is 4.39 Å². The highest BCUT2D eigenvalue weighted by molar-refractivity contribution is 5.93. The van der Waals surface area contributed by atoms with Crippen molar-refractivity contribution in [2.24, 2.45) is 0 Å². The first-order chi connectivity index (χ1) is 8.72. The van der Waals surface area contributed by atoms with Gasteiger partial charge in [-0.05, 0) is 26.0 Å². The van der Waals surface area contributed by atoms with Gasteiger partial charge in [-0.1, -0.05) is 24.3 Å². The molecule has 2 aromatic carbocycles. The van der Waals surface area contributed by atoms with E-state index >= 15 is 0 Å². The van der Waals surface area contributed by atoms with Crippen LogP contribution in [0.2, 0.25) is 0 Å². The molecule has 0 spiro atoms. The zero-order valence-electron chi connectivity index (χ0n) is 10.7. The molecule has 0 atom stereocenters. The Hall–Kier alpha value is -1.77. The second-order valence-corrected chi connectivity index (χ2v) is 4.31. The Kier molecular flexibility index (Phi) is 4.03. The number of alkyl halides is 1. The van der Waals surface area contributed by atoms with E-state index < -0.39 is 6.67 Å². The summed E-state index contributed by atoms with van der Waals surface area (Å²) in [4.78, 5) is 0. The minimum atomic E-state index is -0.488. The van der Waals surface area contributed by atoms with Gasteiger partial charge in [0.1, 0.15) is 24.8 Å². The summed E-state index contributed by atoms with van der Waals surface area (Å²) in [6.07, 6.45) is 0.117. The van der Waals surface area contributed by atoms with E-state index in [1.807, 2.05) is 50.2 Å². The van der Waals surface area contributed by atoms with Crippen LogP contribution in [0.15, 0.2) is 36.4 Å². The second-order valence-electron chi connectivity index (χ2n) is 4.31. The summed E-state index contributed by atoms with van der Waals surface area (Å²) in [6, 6.07) is 11.5. The molecule has 0 fully saturated rings. The Morgan fingerprint density at radius 3 is 2.22 bits per heavy atom. The van der Waals surface area contributed by atoms with Crippen LogP contribution in [0.1, 0.15) is 13.8 Å². The number of hydrogen-bond donors (Lipinski definition) is 0. The molecule has 3 heteroatoms. The molecule has 0 aliphatic rings. The molecule has 18 heavy (non-hydrogen) atoms. The van der Waals surface area contributed by atoms with Gasteiger partial charge in [0.15, 0.2) is 0 Å². The zero-order valence-corrected chi connectivity index (χ0v) is 10.7. The Bertz CT molecular complexity index is 523. The Balaban J connectivity index is 2.44. The molecule has 0 aliphatic heterocycles. The van der Waals surface area contributed by atoms with Crippen molar-refractivity contribution in [1.82, 2.24) is 0 Å². The average molecular weight is 248 g/mol. The normalized spacial score (nSPS) is 10.9. The van der Waals surface area contributed by atoms with Crippen LogP contribution in [0.5, 0.6) is 11.5 Å². The molecule has 0 saturated carbocycles. The molecule has 0 aromatic heterocycles. The van der Waals surface area contributed by atoms with Crippen molar-refractivity contribution in [2.45, 2.75) is 20.0 Å². The van der Waals surface area contributed by atoms with Crippen LogP contribution >= 0.6 is 0 Å². The third-order valence-corrected chi connectivity index (χ3v) is 2.54. The molecule has 0 heterocycles. The Morgan fingerprint density at radius 1 is 1.00 bits per heavy atom. The van der Waals surface area contributed by atoms with Gasteiger partial charge < -0.3 is 9.47 Å². The van der Waals surface area contributed by atoms with E-state index in [2.05, 4.69) is 0 Å². The van der Waals surface area contributed by atoms with E-state index in [1.165, 1.54) is 0 Å². The van der Waals surface area contributed by atoms with E-state index in [0.29, 0.717) is 5.75 Å². The van der Waals surface area contributed by atoms with Crippen molar-refractivity contribution in [2.75, 3.05) is 13.3 Å². The first-order valence-corrected chi connectivity index (χ1v) is 6.09. The number of halogens is 1. The van der Waals surface area contributed by atoms with Crippen molar-refractivity contribution in [3.05, 3.63) is 36.4 Å². The molecule has 0 saturated heterocycles. The van der Waals surface area contributed by atoms with E-state index in [0.717, 1.165) is 16.5 Å². The number of hydrogen-bond acceptors (Lipinski definition) is 2. The minimum absolute atomic E-state index is 0.0778. The lowest BCUT2D eigenvalue weighted by molar-refractivity contribution is 0.244. The molecule has 0 bridgehead atoms. The van der Waals surface area contributed by atoms with Crippen LogP contribution in [0, 0.1) is 0 Å². The lowest BCUT2D eigenvalue weighted by Gasteiger charge is -2.14. The van der Waals surface area contributed by atoms with Gasteiger partial charge in [0.25, 0.3) is 0 Å². The quantitative estimate of drug-likeness (QED) is 0.797. The van der Waals surface area contributed by atoms with Crippen LogP contribution in [-0.2, 0) is 0 Å². The molecule has 2 nitrogen and oxygen atoms in total. The molecule has 96 valence electrons. The van der Waals surface area contributed by atoms with Crippen molar-refractivity contribution in [3.8, 4) is 11.5 Å². The maximum Gasteiger partial charge on any atom is 0.127 e. The standard InChI is InChI=1S/C15H17FO2/c1-11(2)18-15-8-7-14(17-10-9-16)12-5-3-4-6-13(12)15/h3-8,11H,9-10H2,1-2H3. The van der Waals surface area contributed by atoms with Crippen LogP contribution in [0.3, 0.4) is 0 Å². The highest BCUT2D eigenvalue weighted by Gasteiger charge is 2.08. The van der Waals surface area contributed by atoms with Gasteiger partial charge in [-0.3, -0.25) is 0 Å². The highest BCUT2D eigenvalue weighted by Crippen LogP contribution is 2.33. The van der Waals surface area contributed by atoms with Gasteiger partial charge >= 0.3 is 0 Å². The summed E-state index contributed by atoms with van der Waals surface area (Å²) >= 11 is 0. The Labute approximate surface area is 106 Å². The van der Waals surface area contributed by atoms with E-state index in [1.54, 1.807) is 0 Å². The third-order valence-electron chi connectivity index (χ3n) is 2.54. The molecule has 0 unspecified atom stereocenters. The molecule has 0 amide bonds. The summed E-state index contributed by atoms with van der Waals surface area (Å²) < 4.78 is 23.3. The summed E-state index contributed by atoms with van der Waals surface area (Å²) in [5, 5.41) is 1.94. The van der Waals surface area contributed by atoms with Gasteiger partial charge in [-0.25, -0.2) is 4.39 Å². The van der Waals surface area contributed by atoms with E-state index in [4.69, 9.17) is 9.47 Å². The summed E-state index contributed by atoms with van der Waals surface area (Å²) in [7, 11) is 0. The summed E-state index contributed by atoms with van der Waals surface area (Å²) in [6.45, 7) is 3.57. The maximum absolute atomic E-state index is 12.2. The van der Waals surface area contributed by atoms with E-state index in [9.17, 15) is 4.39 Å². The minimum Gasteiger partial charge on any atom is -0.490 e. The molecular weight excluding hydrogens is 231 g/mol. The zero-order chi connectivity index (χ0) is 13.0. The number of ether oxygens (including phenoxy) is 2. The number of benzene rings is 2. The highest BCUT2D eigenvalue weighted by atomic mass is 19.1. The molecular formula is C15H17FO2. The largest absolute Gasteiger partial charge is 0.490 e. The van der Waals surface area contributed by atoms with Crippen molar-refractivity contribution in [3.63, 3.8) is 0 Å². The van der Waals surface area contributed by atoms with Crippen LogP contribution < -0.4 is 9.47 Å². The fraction of sp³-hybridized carbons (Fsp3) is 0.333. The lowest BCUT2D eigenvalue weighted by Crippen LogP contribution is -2.06. The maximum atomic E-state index is 12.2. The Morgan fingerprint density at radius 2 is 1.61 bits per heavy atom. The SMILES string of the molecule is CC(C)Oc1ccc(OCCF)c2ccccc12. The van der Waals surface area contributed by atoms with E-state index in [-0.39, 0.29) is 12.7 Å². The fourth-order valence-electron chi connectivity index (χ4n) is 1.87. The monoisotopic (exact) mass is 248 g/mol. The first-order valence-electron chi connectivity index (χ1n) is 6.09. The summed E-state index contributed by atoms with van der Waals surface area (Å²) in [5.74, 6) is 1.52. The predicted octanol–water partition coefficient (Wildman–Crippen LogP) is 3.98. The topological polar surface area (TPSA) is 18.5 Å². The van der Waals surface area contributed by atoms with Gasteiger partial charge in [0.2, 0.25) is 0 Å². The lowest BCUT2D eigenvalue weighted by atomic mass is 10.1. The molecule has 0 aliphatic carbocycles. The summed E-state index contributed by atoms with van der Waals surface area (Å²) in [5.41, 5.74) is 0. The van der Waals surface area contributed by atoms with Gasteiger partial charge in [0, 0.05) is 10.8 Å². The molecule has 0 radical (unpaired) electrons. The van der Waals surface area contributed by atoms with Crippen molar-refractivity contribution < 1.29 is 13.9 Å². The van der Waals surface area contributed by atoms with Gasteiger partial charge in [-0.2, -0.15) is 0 Å². The van der Waals surface area contributed by atoms with Crippen LogP contribution in [0.25, 0.3) is 10.8 Å². The smallest absolute Gasteiger partial charge is 0.127 e. The third kappa shape index (κ3) is 2.73. The average Bonchev–Trinajstić information content (AvgIpc) is 2.37. The number of fused-ring (bicyclic) bond motifs is 1. The van der Waals surface area contributed by atoms with Crippen LogP contribution in [-0.4, -0.2) is 19.4 Å². The number of rotatable bonds is 5. The predicted molar refractivity (Wildman–Crippen MR) is 71.2 cm³/mol. The second kappa shape index (κ2) is 5.71. The molecule has 0 N–H and O–H groups in total. The fourth-order valence-corrected chi connectivity index (χ4v) is 1.87. The van der Waals surface area contributed by atoms with Crippen molar-refractivity contribution in [1.29, 1.82) is 0 Å². The molecule has 2 rings (SSSR count). The van der Waals surface area contributed by atoms with Gasteiger partial charge in [0.05, 0.1) is 6.10 Å². The van der Waals surface area contributed by atoms with Crippen molar-refractivity contribution >= 4 is 10.8 Å². The first kappa shape index (κ1) is 12.7.